The smallest absolute Gasteiger partial charge is 0.224 e. The van der Waals surface area contributed by atoms with Crippen LogP contribution in [-0.2, 0) is 11.2 Å². The summed E-state index contributed by atoms with van der Waals surface area (Å²) in [6.45, 7) is 4.01. The highest BCUT2D eigenvalue weighted by Gasteiger charge is 2.05. The van der Waals surface area contributed by atoms with Gasteiger partial charge in [0.15, 0.2) is 0 Å². The summed E-state index contributed by atoms with van der Waals surface area (Å²) < 4.78 is 0. The standard InChI is InChI=1S/C17H20N2O/c1-12-6-7-13(2)16(10-12)19-17(20)9-8-14-4-3-5-15(18)11-14/h3-7,10-11H,8-9,18H2,1-2H3,(H,19,20). The third kappa shape index (κ3) is 3.85. The predicted octanol–water partition coefficient (Wildman–Crippen LogP) is 3.46. The van der Waals surface area contributed by atoms with Crippen molar-refractivity contribution in [1.82, 2.24) is 0 Å². The second kappa shape index (κ2) is 6.24. The van der Waals surface area contributed by atoms with Gasteiger partial charge in [-0.2, -0.15) is 0 Å². The fraction of sp³-hybridized carbons (Fsp3) is 0.235. The van der Waals surface area contributed by atoms with Gasteiger partial charge in [0.2, 0.25) is 5.91 Å². The summed E-state index contributed by atoms with van der Waals surface area (Å²) in [5.41, 5.74) is 10.7. The van der Waals surface area contributed by atoms with E-state index < -0.39 is 0 Å². The van der Waals surface area contributed by atoms with E-state index in [0.717, 1.165) is 28.1 Å². The molecule has 104 valence electrons. The van der Waals surface area contributed by atoms with Gasteiger partial charge in [-0.15, -0.1) is 0 Å². The van der Waals surface area contributed by atoms with Crippen LogP contribution < -0.4 is 11.1 Å². The van der Waals surface area contributed by atoms with Crippen LogP contribution in [0.25, 0.3) is 0 Å². The largest absolute Gasteiger partial charge is 0.399 e. The summed E-state index contributed by atoms with van der Waals surface area (Å²) in [5.74, 6) is 0.0288. The minimum atomic E-state index is 0.0288. The van der Waals surface area contributed by atoms with Gasteiger partial charge in [0.1, 0.15) is 0 Å². The highest BCUT2D eigenvalue weighted by Crippen LogP contribution is 2.17. The minimum absolute atomic E-state index is 0.0288. The van der Waals surface area contributed by atoms with Gasteiger partial charge in [-0.05, 0) is 55.2 Å². The van der Waals surface area contributed by atoms with E-state index in [-0.39, 0.29) is 5.91 Å². The Balaban J connectivity index is 1.94. The zero-order chi connectivity index (χ0) is 14.5. The molecule has 0 radical (unpaired) electrons. The second-order valence-corrected chi connectivity index (χ2v) is 5.11. The number of hydrogen-bond acceptors (Lipinski definition) is 2. The molecule has 0 aliphatic heterocycles. The van der Waals surface area contributed by atoms with E-state index in [0.29, 0.717) is 12.8 Å². The van der Waals surface area contributed by atoms with Crippen LogP contribution >= 0.6 is 0 Å². The van der Waals surface area contributed by atoms with E-state index in [9.17, 15) is 4.79 Å². The number of nitrogen functional groups attached to an aromatic ring is 1. The summed E-state index contributed by atoms with van der Waals surface area (Å²) in [6, 6.07) is 13.7. The number of carbonyl (C=O) groups excluding carboxylic acids is 1. The Morgan fingerprint density at radius 3 is 2.70 bits per heavy atom. The highest BCUT2D eigenvalue weighted by molar-refractivity contribution is 5.91. The lowest BCUT2D eigenvalue weighted by molar-refractivity contribution is -0.116. The van der Waals surface area contributed by atoms with Gasteiger partial charge in [0.05, 0.1) is 0 Å². The van der Waals surface area contributed by atoms with Crippen LogP contribution in [0, 0.1) is 13.8 Å². The Bertz CT molecular complexity index is 620. The lowest BCUT2D eigenvalue weighted by Crippen LogP contribution is -2.13. The maximum absolute atomic E-state index is 12.0. The van der Waals surface area contributed by atoms with E-state index in [1.54, 1.807) is 0 Å². The third-order valence-corrected chi connectivity index (χ3v) is 3.26. The van der Waals surface area contributed by atoms with Crippen LogP contribution in [0.1, 0.15) is 23.1 Å². The topological polar surface area (TPSA) is 55.1 Å². The third-order valence-electron chi connectivity index (χ3n) is 3.26. The molecular weight excluding hydrogens is 248 g/mol. The average Bonchev–Trinajstić information content (AvgIpc) is 2.41. The Hall–Kier alpha value is -2.29. The number of amides is 1. The molecule has 2 aromatic rings. The molecule has 0 atom stereocenters. The number of aryl methyl sites for hydroxylation is 3. The molecule has 0 aliphatic rings. The molecular formula is C17H20N2O. The van der Waals surface area contributed by atoms with Crippen molar-refractivity contribution in [3.63, 3.8) is 0 Å². The molecule has 3 heteroatoms. The summed E-state index contributed by atoms with van der Waals surface area (Å²) >= 11 is 0. The normalized spacial score (nSPS) is 10.3. The van der Waals surface area contributed by atoms with Crippen LogP contribution in [0.2, 0.25) is 0 Å². The molecule has 0 unspecified atom stereocenters. The molecule has 20 heavy (non-hydrogen) atoms. The fourth-order valence-corrected chi connectivity index (χ4v) is 2.09. The van der Waals surface area contributed by atoms with Gasteiger partial charge in [0, 0.05) is 17.8 Å². The van der Waals surface area contributed by atoms with E-state index >= 15 is 0 Å². The summed E-state index contributed by atoms with van der Waals surface area (Å²) in [4.78, 5) is 12.0. The first kappa shape index (κ1) is 14.1. The number of benzene rings is 2. The zero-order valence-corrected chi connectivity index (χ0v) is 11.9. The van der Waals surface area contributed by atoms with Gasteiger partial charge >= 0.3 is 0 Å². The number of carbonyl (C=O) groups is 1. The summed E-state index contributed by atoms with van der Waals surface area (Å²) in [5, 5.41) is 2.97. The zero-order valence-electron chi connectivity index (χ0n) is 11.9. The first-order valence-electron chi connectivity index (χ1n) is 6.76. The van der Waals surface area contributed by atoms with Crippen LogP contribution in [0.15, 0.2) is 42.5 Å². The Kier molecular flexibility index (Phi) is 4.41. The molecule has 0 spiro atoms. The minimum Gasteiger partial charge on any atom is -0.399 e. The molecule has 0 fully saturated rings. The second-order valence-electron chi connectivity index (χ2n) is 5.11. The molecule has 0 aliphatic carbocycles. The van der Waals surface area contributed by atoms with Crippen molar-refractivity contribution < 1.29 is 4.79 Å². The molecule has 0 saturated carbocycles. The van der Waals surface area contributed by atoms with E-state index in [1.165, 1.54) is 0 Å². The lowest BCUT2D eigenvalue weighted by Gasteiger charge is -2.09. The average molecular weight is 268 g/mol. The number of nitrogens with one attached hydrogen (secondary N) is 1. The SMILES string of the molecule is Cc1ccc(C)c(NC(=O)CCc2cccc(N)c2)c1. The first-order chi connectivity index (χ1) is 9.54. The van der Waals surface area contributed by atoms with E-state index in [1.807, 2.05) is 56.3 Å². The lowest BCUT2D eigenvalue weighted by atomic mass is 10.1. The van der Waals surface area contributed by atoms with Crippen LogP contribution in [-0.4, -0.2) is 5.91 Å². The van der Waals surface area contributed by atoms with Gasteiger partial charge < -0.3 is 11.1 Å². The van der Waals surface area contributed by atoms with Crippen molar-refractivity contribution in [2.75, 3.05) is 11.1 Å². The number of anilines is 2. The van der Waals surface area contributed by atoms with Crippen molar-refractivity contribution in [3.05, 3.63) is 59.2 Å². The predicted molar refractivity (Wildman–Crippen MR) is 83.7 cm³/mol. The van der Waals surface area contributed by atoms with Gasteiger partial charge in [-0.3, -0.25) is 4.79 Å². The van der Waals surface area contributed by atoms with Crippen LogP contribution in [0.4, 0.5) is 11.4 Å². The van der Waals surface area contributed by atoms with E-state index in [4.69, 9.17) is 5.73 Å². The Labute approximate surface area is 119 Å². The van der Waals surface area contributed by atoms with Gasteiger partial charge in [-0.25, -0.2) is 0 Å². The Morgan fingerprint density at radius 2 is 1.95 bits per heavy atom. The first-order valence-corrected chi connectivity index (χ1v) is 6.76. The Morgan fingerprint density at radius 1 is 1.15 bits per heavy atom. The molecule has 3 N–H and O–H groups in total. The van der Waals surface area contributed by atoms with Gasteiger partial charge in [0.25, 0.3) is 0 Å². The van der Waals surface area contributed by atoms with Gasteiger partial charge in [-0.1, -0.05) is 24.3 Å². The van der Waals surface area contributed by atoms with Crippen molar-refractivity contribution in [2.24, 2.45) is 0 Å². The van der Waals surface area contributed by atoms with Crippen molar-refractivity contribution >= 4 is 17.3 Å². The van der Waals surface area contributed by atoms with Crippen molar-refractivity contribution in [2.45, 2.75) is 26.7 Å². The number of nitrogens with two attached hydrogens (primary N) is 1. The summed E-state index contributed by atoms with van der Waals surface area (Å²) in [6.07, 6.45) is 1.15. The van der Waals surface area contributed by atoms with Crippen LogP contribution in [0.5, 0.6) is 0 Å². The number of rotatable bonds is 4. The molecule has 3 nitrogen and oxygen atoms in total. The van der Waals surface area contributed by atoms with Crippen molar-refractivity contribution in [1.29, 1.82) is 0 Å². The maximum atomic E-state index is 12.0. The molecule has 2 aromatic carbocycles. The van der Waals surface area contributed by atoms with Crippen molar-refractivity contribution in [3.8, 4) is 0 Å². The number of hydrogen-bond donors (Lipinski definition) is 2. The maximum Gasteiger partial charge on any atom is 0.224 e. The molecule has 0 saturated heterocycles. The van der Waals surface area contributed by atoms with Crippen LogP contribution in [0.3, 0.4) is 0 Å². The molecule has 1 amide bonds. The molecule has 0 heterocycles. The molecule has 0 aromatic heterocycles. The summed E-state index contributed by atoms with van der Waals surface area (Å²) in [7, 11) is 0. The monoisotopic (exact) mass is 268 g/mol. The molecule has 2 rings (SSSR count). The fourth-order valence-electron chi connectivity index (χ4n) is 2.09. The highest BCUT2D eigenvalue weighted by atomic mass is 16.1. The molecule has 0 bridgehead atoms. The van der Waals surface area contributed by atoms with E-state index in [2.05, 4.69) is 5.32 Å². The quantitative estimate of drug-likeness (QED) is 0.834.